The van der Waals surface area contributed by atoms with E-state index in [0.717, 1.165) is 31.5 Å². The molecule has 14 heteroatoms. The second-order valence-electron chi connectivity index (χ2n) is 19.7. The van der Waals surface area contributed by atoms with Gasteiger partial charge in [0.15, 0.2) is 5.82 Å². The van der Waals surface area contributed by atoms with Gasteiger partial charge in [-0.2, -0.15) is 9.97 Å². The Kier molecular flexibility index (Phi) is 12.3. The first-order chi connectivity index (χ1) is 29.9. The molecular formula is C49H62F2N6O5Si. The molecule has 4 aliphatic heterocycles. The predicted octanol–water partition coefficient (Wildman–Crippen LogP) is 9.70. The van der Waals surface area contributed by atoms with E-state index in [1.807, 2.05) is 44.7 Å². The zero-order valence-corrected chi connectivity index (χ0v) is 39.5. The minimum atomic E-state index is -2.29. The van der Waals surface area contributed by atoms with Crippen LogP contribution in [0.15, 0.2) is 42.5 Å². The Morgan fingerprint density at radius 3 is 2.38 bits per heavy atom. The van der Waals surface area contributed by atoms with Crippen LogP contribution in [-0.4, -0.2) is 115 Å². The Morgan fingerprint density at radius 2 is 1.70 bits per heavy atom. The standard InChI is InChI=1S/C49H62F2N6O5Si/c1-28(2)63(29(3)4,30(5)6)24-19-35-37(50)17-15-33-13-12-14-36(39(33)35)42-41(51)43-40-45(54-47(53-43)60-27-31(7)25-55-20-22-59-23-21-55)56-26-34-16-18-38(44(56)32(8)61-46(40)52-42)57(34)48(58)62-49(9,10)11/h12-15,17,28-30,32,34,38,44H,7,16,18,20-23,25-27H2,1-6,8-11H3/t32-,34+,38-,44+/m0/s1. The van der Waals surface area contributed by atoms with E-state index in [9.17, 15) is 4.79 Å². The Morgan fingerprint density at radius 1 is 0.984 bits per heavy atom. The number of halogens is 2. The summed E-state index contributed by atoms with van der Waals surface area (Å²) in [5.41, 5.74) is 5.30. The molecule has 3 saturated heterocycles. The summed E-state index contributed by atoms with van der Waals surface area (Å²) in [5, 5.41) is 1.48. The number of amides is 1. The van der Waals surface area contributed by atoms with Gasteiger partial charge in [0.2, 0.25) is 5.88 Å². The van der Waals surface area contributed by atoms with Gasteiger partial charge < -0.3 is 23.8 Å². The van der Waals surface area contributed by atoms with Crippen molar-refractivity contribution in [2.45, 2.75) is 129 Å². The largest absolute Gasteiger partial charge is 0.472 e. The first kappa shape index (κ1) is 44.8. The summed E-state index contributed by atoms with van der Waals surface area (Å²) in [7, 11) is -2.29. The number of benzene rings is 2. The van der Waals surface area contributed by atoms with Crippen molar-refractivity contribution >= 4 is 41.7 Å². The highest BCUT2D eigenvalue weighted by molar-refractivity contribution is 6.90. The number of morpholine rings is 1. The van der Waals surface area contributed by atoms with Gasteiger partial charge in [-0.15, -0.1) is 5.54 Å². The zero-order valence-electron chi connectivity index (χ0n) is 38.5. The summed E-state index contributed by atoms with van der Waals surface area (Å²) >= 11 is 0. The molecule has 2 aromatic carbocycles. The summed E-state index contributed by atoms with van der Waals surface area (Å²) in [4.78, 5) is 34.8. The van der Waals surface area contributed by atoms with Crippen LogP contribution in [0.5, 0.6) is 11.9 Å². The van der Waals surface area contributed by atoms with Gasteiger partial charge in [-0.05, 0) is 74.2 Å². The van der Waals surface area contributed by atoms with Crippen molar-refractivity contribution in [3.63, 3.8) is 0 Å². The molecule has 4 aromatic rings. The molecule has 8 rings (SSSR count). The molecule has 2 aromatic heterocycles. The fourth-order valence-corrected chi connectivity index (χ4v) is 16.0. The minimum Gasteiger partial charge on any atom is -0.472 e. The summed E-state index contributed by atoms with van der Waals surface area (Å²) in [6, 6.07) is 7.71. The van der Waals surface area contributed by atoms with Crippen molar-refractivity contribution in [2.75, 3.05) is 50.9 Å². The van der Waals surface area contributed by atoms with Gasteiger partial charge in [-0.1, -0.05) is 78.3 Å². The number of nitrogens with zero attached hydrogens (tertiary/aromatic N) is 6. The van der Waals surface area contributed by atoms with E-state index in [1.54, 1.807) is 12.1 Å². The lowest BCUT2D eigenvalue weighted by molar-refractivity contribution is 0.000939. The molecule has 0 saturated carbocycles. The summed E-state index contributed by atoms with van der Waals surface area (Å²) in [6.45, 7) is 29.1. The Balaban J connectivity index is 1.29. The summed E-state index contributed by atoms with van der Waals surface area (Å²) in [6.07, 6.45) is 0.579. The van der Waals surface area contributed by atoms with Crippen LogP contribution < -0.4 is 14.4 Å². The van der Waals surface area contributed by atoms with Crippen molar-refractivity contribution in [3.8, 4) is 34.6 Å². The van der Waals surface area contributed by atoms with E-state index >= 15 is 8.78 Å². The molecule has 11 nitrogen and oxygen atoms in total. The number of hydrogen-bond donors (Lipinski definition) is 0. The highest BCUT2D eigenvalue weighted by Gasteiger charge is 2.54. The third-order valence-electron chi connectivity index (χ3n) is 13.6. The van der Waals surface area contributed by atoms with E-state index < -0.39 is 31.4 Å². The number of pyridine rings is 1. The number of hydrogen-bond acceptors (Lipinski definition) is 10. The van der Waals surface area contributed by atoms with E-state index in [0.29, 0.717) is 70.5 Å². The van der Waals surface area contributed by atoms with Crippen molar-refractivity contribution in [2.24, 2.45) is 0 Å². The summed E-state index contributed by atoms with van der Waals surface area (Å²) < 4.78 is 58.7. The van der Waals surface area contributed by atoms with Crippen LogP contribution in [0.4, 0.5) is 19.4 Å². The second kappa shape index (κ2) is 17.3. The van der Waals surface area contributed by atoms with Crippen molar-refractivity contribution in [3.05, 3.63) is 59.7 Å². The maximum absolute atomic E-state index is 17.9. The Bertz CT molecular complexity index is 2470. The molecule has 1 amide bonds. The van der Waals surface area contributed by atoms with Gasteiger partial charge in [0.05, 0.1) is 36.9 Å². The van der Waals surface area contributed by atoms with E-state index in [2.05, 4.69) is 69.4 Å². The minimum absolute atomic E-state index is 0.0225. The van der Waals surface area contributed by atoms with Gasteiger partial charge in [0, 0.05) is 37.1 Å². The van der Waals surface area contributed by atoms with E-state index in [-0.39, 0.29) is 59.5 Å². The van der Waals surface area contributed by atoms with Crippen LogP contribution >= 0.6 is 0 Å². The molecule has 0 radical (unpaired) electrons. The maximum atomic E-state index is 17.9. The smallest absolute Gasteiger partial charge is 0.410 e. The molecule has 0 N–H and O–H groups in total. The predicted molar refractivity (Wildman–Crippen MR) is 246 cm³/mol. The third-order valence-corrected chi connectivity index (χ3v) is 19.8. The molecule has 336 valence electrons. The van der Waals surface area contributed by atoms with Crippen molar-refractivity contribution in [1.29, 1.82) is 0 Å². The Labute approximate surface area is 371 Å². The van der Waals surface area contributed by atoms with Crippen LogP contribution in [0, 0.1) is 23.1 Å². The van der Waals surface area contributed by atoms with Gasteiger partial charge in [-0.3, -0.25) is 9.80 Å². The SMILES string of the molecule is C=C(COc1nc2c3c(nc(-c4cccc5ccc(F)c(C#C[Si](C(C)C)(C(C)C)C(C)C)c45)c(F)c3n1)O[C@@H](C)[C@@H]1[C@@H]3CC[C@H](CN21)N3C(=O)OC(C)(C)C)CN1CCOCC1. The van der Waals surface area contributed by atoms with Crippen LogP contribution in [0.3, 0.4) is 0 Å². The van der Waals surface area contributed by atoms with Crippen molar-refractivity contribution < 1.29 is 32.5 Å². The average Bonchev–Trinajstić information content (AvgIpc) is 3.47. The Hall–Kier alpha value is -4.84. The number of piperazine rings is 1. The molecule has 2 bridgehead atoms. The normalized spacial score (nSPS) is 21.4. The number of ether oxygens (including phenoxy) is 4. The van der Waals surface area contributed by atoms with Crippen LogP contribution in [0.25, 0.3) is 32.9 Å². The summed E-state index contributed by atoms with van der Waals surface area (Å²) in [5.74, 6) is 2.73. The van der Waals surface area contributed by atoms with Gasteiger partial charge in [0.1, 0.15) is 54.6 Å². The first-order valence-corrected chi connectivity index (χ1v) is 24.8. The molecular weight excluding hydrogens is 819 g/mol. The molecule has 4 atom stereocenters. The number of aromatic nitrogens is 3. The maximum Gasteiger partial charge on any atom is 0.410 e. The fraction of sp³-hybridized carbons (Fsp3) is 0.551. The van der Waals surface area contributed by atoms with E-state index in [1.165, 1.54) is 6.07 Å². The quantitative estimate of drug-likeness (QED) is 0.0918. The lowest BCUT2D eigenvalue weighted by Crippen LogP contribution is -2.65. The van der Waals surface area contributed by atoms with E-state index in [4.69, 9.17) is 33.9 Å². The van der Waals surface area contributed by atoms with Crippen LogP contribution in [0.2, 0.25) is 16.6 Å². The topological polar surface area (TPSA) is 102 Å². The average molecular weight is 881 g/mol. The van der Waals surface area contributed by atoms with Gasteiger partial charge in [-0.25, -0.2) is 18.6 Å². The number of anilines is 1. The molecule has 0 spiro atoms. The van der Waals surface area contributed by atoms with Gasteiger partial charge in [0.25, 0.3) is 0 Å². The van der Waals surface area contributed by atoms with Crippen LogP contribution in [-0.2, 0) is 9.47 Å². The first-order valence-electron chi connectivity index (χ1n) is 22.6. The highest BCUT2D eigenvalue weighted by atomic mass is 28.3. The molecule has 0 unspecified atom stereocenters. The lowest BCUT2D eigenvalue weighted by atomic mass is 9.96. The lowest BCUT2D eigenvalue weighted by Gasteiger charge is -2.48. The highest BCUT2D eigenvalue weighted by Crippen LogP contribution is 2.48. The molecule has 0 aliphatic carbocycles. The van der Waals surface area contributed by atoms with Crippen molar-refractivity contribution in [1.82, 2.24) is 24.8 Å². The van der Waals surface area contributed by atoms with Crippen LogP contribution in [0.1, 0.15) is 87.6 Å². The van der Waals surface area contributed by atoms with Gasteiger partial charge >= 0.3 is 12.1 Å². The second-order valence-corrected chi connectivity index (χ2v) is 25.3. The third kappa shape index (κ3) is 8.25. The fourth-order valence-electron chi connectivity index (χ4n) is 10.8. The monoisotopic (exact) mass is 880 g/mol. The zero-order chi connectivity index (χ0) is 45.1. The number of rotatable bonds is 9. The molecule has 3 fully saturated rings. The molecule has 63 heavy (non-hydrogen) atoms. The molecule has 4 aliphatic rings. The molecule has 6 heterocycles. The number of carbonyl (C=O) groups is 1. The number of carbonyl (C=O) groups excluding carboxylic acids is 1. The number of fused-ring (bicyclic) bond motifs is 6.